The van der Waals surface area contributed by atoms with Crippen LogP contribution >= 0.6 is 11.8 Å². The van der Waals surface area contributed by atoms with Crippen molar-refractivity contribution in [2.24, 2.45) is 0 Å². The van der Waals surface area contributed by atoms with Crippen molar-refractivity contribution in [3.63, 3.8) is 0 Å². The summed E-state index contributed by atoms with van der Waals surface area (Å²) in [6.45, 7) is 0. The lowest BCUT2D eigenvalue weighted by Gasteiger charge is -2.14. The Morgan fingerprint density at radius 2 is 1.38 bits per heavy atom. The zero-order valence-electron chi connectivity index (χ0n) is 18.1. The predicted octanol–water partition coefficient (Wildman–Crippen LogP) is 6.15. The smallest absolute Gasteiger partial charge is 0.266 e. The summed E-state index contributed by atoms with van der Waals surface area (Å²) in [6, 6.07) is 33.1. The summed E-state index contributed by atoms with van der Waals surface area (Å²) >= 11 is 1.25. The fraction of sp³-hybridized carbons (Fsp3) is 0.0357. The molecule has 34 heavy (non-hydrogen) atoms. The van der Waals surface area contributed by atoms with Crippen molar-refractivity contribution in [3.05, 3.63) is 125 Å². The van der Waals surface area contributed by atoms with Gasteiger partial charge in [0, 0.05) is 5.56 Å². The van der Waals surface area contributed by atoms with Crippen LogP contribution in [0.3, 0.4) is 0 Å². The lowest BCUT2D eigenvalue weighted by atomic mass is 10.2. The molecule has 4 aromatic carbocycles. The molecule has 0 aliphatic carbocycles. The number of fused-ring (bicyclic) bond motifs is 1. The van der Waals surface area contributed by atoms with Gasteiger partial charge in [-0.1, -0.05) is 72.4 Å². The van der Waals surface area contributed by atoms with Crippen LogP contribution in [0.15, 0.2) is 119 Å². The molecule has 0 unspecified atom stereocenters. The molecule has 166 valence electrons. The molecule has 5 nitrogen and oxygen atoms in total. The van der Waals surface area contributed by atoms with E-state index in [4.69, 9.17) is 9.72 Å². The molecule has 0 fully saturated rings. The number of Topliss-reactive ketones (excluding diaryl/α,β-unsaturated/α-hetero) is 1. The minimum absolute atomic E-state index is 0.0221. The number of aromatic nitrogens is 2. The first-order valence-corrected chi connectivity index (χ1v) is 11.7. The summed E-state index contributed by atoms with van der Waals surface area (Å²) in [4.78, 5) is 30.8. The first-order chi connectivity index (χ1) is 16.7. The maximum Gasteiger partial charge on any atom is 0.266 e. The normalized spacial score (nSPS) is 10.8. The zero-order valence-corrected chi connectivity index (χ0v) is 18.9. The first-order valence-electron chi connectivity index (χ1n) is 10.8. The van der Waals surface area contributed by atoms with Gasteiger partial charge in [-0.2, -0.15) is 0 Å². The van der Waals surface area contributed by atoms with E-state index in [1.165, 1.54) is 11.8 Å². The molecule has 0 radical (unpaired) electrons. The molecule has 0 bridgehead atoms. The largest absolute Gasteiger partial charge is 0.457 e. The molecule has 0 atom stereocenters. The van der Waals surface area contributed by atoms with E-state index in [0.29, 0.717) is 33.1 Å². The molecule has 0 amide bonds. The number of carbonyl (C=O) groups excluding carboxylic acids is 1. The van der Waals surface area contributed by atoms with E-state index in [9.17, 15) is 9.59 Å². The quantitative estimate of drug-likeness (QED) is 0.164. The van der Waals surface area contributed by atoms with E-state index in [1.54, 1.807) is 28.8 Å². The van der Waals surface area contributed by atoms with Gasteiger partial charge in [0.25, 0.3) is 5.56 Å². The average molecular weight is 465 g/mol. The van der Waals surface area contributed by atoms with Crippen molar-refractivity contribution in [3.8, 4) is 17.2 Å². The van der Waals surface area contributed by atoms with Crippen LogP contribution in [0.4, 0.5) is 0 Å². The molecule has 1 heterocycles. The van der Waals surface area contributed by atoms with Crippen molar-refractivity contribution < 1.29 is 9.53 Å². The van der Waals surface area contributed by atoms with Gasteiger partial charge in [0.2, 0.25) is 0 Å². The third kappa shape index (κ3) is 4.63. The van der Waals surface area contributed by atoms with E-state index in [1.807, 2.05) is 84.9 Å². The lowest BCUT2D eigenvalue weighted by molar-refractivity contribution is 0.102. The van der Waals surface area contributed by atoms with Crippen LogP contribution in [0.25, 0.3) is 16.6 Å². The Labute approximate surface area is 200 Å². The Bertz CT molecular complexity index is 1500. The molecule has 0 spiro atoms. The number of rotatable bonds is 7. The predicted molar refractivity (Wildman–Crippen MR) is 135 cm³/mol. The third-order valence-corrected chi connectivity index (χ3v) is 6.19. The molecule has 1 aromatic heterocycles. The number of benzene rings is 4. The molecular formula is C28H20N2O3S. The van der Waals surface area contributed by atoms with Gasteiger partial charge in [-0.15, -0.1) is 0 Å². The topological polar surface area (TPSA) is 61.2 Å². The molecule has 0 saturated carbocycles. The molecular weight excluding hydrogens is 444 g/mol. The highest BCUT2D eigenvalue weighted by molar-refractivity contribution is 7.99. The van der Waals surface area contributed by atoms with Crippen molar-refractivity contribution in [1.29, 1.82) is 0 Å². The number of ether oxygens (including phenoxy) is 1. The van der Waals surface area contributed by atoms with Gasteiger partial charge < -0.3 is 4.74 Å². The lowest BCUT2D eigenvalue weighted by Crippen LogP contribution is -2.22. The van der Waals surface area contributed by atoms with Crippen molar-refractivity contribution >= 4 is 28.4 Å². The minimum Gasteiger partial charge on any atom is -0.457 e. The fourth-order valence-electron chi connectivity index (χ4n) is 3.56. The number of hydrogen-bond donors (Lipinski definition) is 0. The van der Waals surface area contributed by atoms with Crippen molar-refractivity contribution in [2.45, 2.75) is 5.16 Å². The van der Waals surface area contributed by atoms with E-state index in [-0.39, 0.29) is 17.1 Å². The summed E-state index contributed by atoms with van der Waals surface area (Å²) in [7, 11) is 0. The third-order valence-electron chi connectivity index (χ3n) is 5.25. The second-order valence-electron chi connectivity index (χ2n) is 7.54. The summed E-state index contributed by atoms with van der Waals surface area (Å²) in [5.74, 6) is 1.54. The van der Waals surface area contributed by atoms with E-state index < -0.39 is 0 Å². The number of ketones is 1. The number of hydrogen-bond acceptors (Lipinski definition) is 5. The zero-order chi connectivity index (χ0) is 23.3. The molecule has 0 saturated heterocycles. The number of thioether (sulfide) groups is 1. The number of carbonyl (C=O) groups is 1. The van der Waals surface area contributed by atoms with Gasteiger partial charge in [0.05, 0.1) is 22.3 Å². The second kappa shape index (κ2) is 9.77. The van der Waals surface area contributed by atoms with Gasteiger partial charge in [-0.25, -0.2) is 4.98 Å². The molecule has 0 aliphatic heterocycles. The second-order valence-corrected chi connectivity index (χ2v) is 8.48. The van der Waals surface area contributed by atoms with Crippen LogP contribution in [0, 0.1) is 0 Å². The minimum atomic E-state index is -0.183. The van der Waals surface area contributed by atoms with Crippen LogP contribution in [-0.2, 0) is 0 Å². The molecule has 0 aliphatic rings. The number of para-hydroxylation sites is 2. The van der Waals surface area contributed by atoms with E-state index >= 15 is 0 Å². The standard InChI is InChI=1S/C28H20N2O3S/c31-26(20-9-3-1-4-10-20)19-34-28-29-25-14-8-7-13-24(25)27(32)30(28)21-15-17-23(18-16-21)33-22-11-5-2-6-12-22/h1-18H,19H2. The van der Waals surface area contributed by atoms with Crippen LogP contribution < -0.4 is 10.3 Å². The highest BCUT2D eigenvalue weighted by atomic mass is 32.2. The van der Waals surface area contributed by atoms with Gasteiger partial charge in [0.1, 0.15) is 11.5 Å². The molecule has 6 heteroatoms. The summed E-state index contributed by atoms with van der Waals surface area (Å²) < 4.78 is 7.43. The Morgan fingerprint density at radius 1 is 0.765 bits per heavy atom. The van der Waals surface area contributed by atoms with Crippen LogP contribution in [0.5, 0.6) is 11.5 Å². The van der Waals surface area contributed by atoms with Crippen LogP contribution in [0.2, 0.25) is 0 Å². The Morgan fingerprint density at radius 3 is 2.12 bits per heavy atom. The summed E-state index contributed by atoms with van der Waals surface area (Å²) in [5.41, 5.74) is 1.70. The molecule has 0 N–H and O–H groups in total. The Kier molecular flexibility index (Phi) is 6.23. The van der Waals surface area contributed by atoms with E-state index in [0.717, 1.165) is 5.75 Å². The Hall–Kier alpha value is -4.16. The van der Waals surface area contributed by atoms with Gasteiger partial charge in [-0.3, -0.25) is 14.2 Å². The van der Waals surface area contributed by atoms with Gasteiger partial charge >= 0.3 is 0 Å². The first kappa shape index (κ1) is 21.7. The van der Waals surface area contributed by atoms with Crippen LogP contribution in [0.1, 0.15) is 10.4 Å². The highest BCUT2D eigenvalue weighted by Crippen LogP contribution is 2.25. The Balaban J connectivity index is 1.49. The SMILES string of the molecule is O=C(CSc1nc2ccccc2c(=O)n1-c1ccc(Oc2ccccc2)cc1)c1ccccc1. The average Bonchev–Trinajstić information content (AvgIpc) is 2.89. The van der Waals surface area contributed by atoms with Gasteiger partial charge in [-0.05, 0) is 48.5 Å². The summed E-state index contributed by atoms with van der Waals surface area (Å²) in [6.07, 6.45) is 0. The summed E-state index contributed by atoms with van der Waals surface area (Å²) in [5, 5.41) is 0.982. The van der Waals surface area contributed by atoms with Crippen molar-refractivity contribution in [1.82, 2.24) is 9.55 Å². The van der Waals surface area contributed by atoms with Crippen molar-refractivity contribution in [2.75, 3.05) is 5.75 Å². The monoisotopic (exact) mass is 464 g/mol. The molecule has 5 aromatic rings. The highest BCUT2D eigenvalue weighted by Gasteiger charge is 2.15. The number of nitrogens with zero attached hydrogens (tertiary/aromatic N) is 2. The van der Waals surface area contributed by atoms with Gasteiger partial charge in [0.15, 0.2) is 10.9 Å². The maximum absolute atomic E-state index is 13.4. The maximum atomic E-state index is 13.4. The fourth-order valence-corrected chi connectivity index (χ4v) is 4.47. The molecule has 5 rings (SSSR count). The van der Waals surface area contributed by atoms with Crippen LogP contribution in [-0.4, -0.2) is 21.1 Å². The van der Waals surface area contributed by atoms with E-state index in [2.05, 4.69) is 0 Å².